The highest BCUT2D eigenvalue weighted by atomic mass is 16.2. The second-order valence-electron chi connectivity index (χ2n) is 7.24. The maximum Gasteiger partial charge on any atom is 0.267 e. The van der Waals surface area contributed by atoms with Gasteiger partial charge < -0.3 is 10.6 Å². The van der Waals surface area contributed by atoms with Crippen LogP contribution in [0.1, 0.15) is 31.0 Å². The van der Waals surface area contributed by atoms with Crippen molar-refractivity contribution >= 4 is 23.2 Å². The lowest BCUT2D eigenvalue weighted by molar-refractivity contribution is -0.119. The highest BCUT2D eigenvalue weighted by Crippen LogP contribution is 2.24. The minimum absolute atomic E-state index is 0.172. The lowest BCUT2D eigenvalue weighted by atomic mass is 10.1. The molecule has 0 aliphatic heterocycles. The van der Waals surface area contributed by atoms with Gasteiger partial charge in [0.15, 0.2) is 0 Å². The first kappa shape index (κ1) is 21.0. The van der Waals surface area contributed by atoms with Crippen LogP contribution in [-0.4, -0.2) is 21.6 Å². The Balaban J connectivity index is 1.89. The summed E-state index contributed by atoms with van der Waals surface area (Å²) in [5.74, 6) is -0.511. The molecule has 7 heteroatoms. The SMILES string of the molecule is CC(=O)Nc1cc(-c2ccc(=O)n([C@H](C)C(=O)Nc3ccc(C)cc3)n2)ccc1C. The normalized spacial score (nSPS) is 11.6. The van der Waals surface area contributed by atoms with Crippen molar-refractivity contribution in [2.75, 3.05) is 10.6 Å². The Labute approximate surface area is 174 Å². The Bertz CT molecular complexity index is 1150. The Kier molecular flexibility index (Phi) is 6.11. The van der Waals surface area contributed by atoms with Crippen molar-refractivity contribution in [3.05, 3.63) is 76.1 Å². The topological polar surface area (TPSA) is 93.1 Å². The van der Waals surface area contributed by atoms with E-state index in [0.717, 1.165) is 21.4 Å². The summed E-state index contributed by atoms with van der Waals surface area (Å²) in [5, 5.41) is 9.99. The molecule has 0 fully saturated rings. The number of nitrogens with zero attached hydrogens (tertiary/aromatic N) is 2. The lowest BCUT2D eigenvalue weighted by Gasteiger charge is -2.15. The maximum atomic E-state index is 12.7. The number of aromatic nitrogens is 2. The quantitative estimate of drug-likeness (QED) is 0.678. The molecule has 3 rings (SSSR count). The van der Waals surface area contributed by atoms with E-state index in [1.54, 1.807) is 19.1 Å². The number of nitrogens with one attached hydrogen (secondary N) is 2. The molecular formula is C23H24N4O3. The van der Waals surface area contributed by atoms with Crippen LogP contribution in [0.3, 0.4) is 0 Å². The molecule has 30 heavy (non-hydrogen) atoms. The molecular weight excluding hydrogens is 380 g/mol. The average Bonchev–Trinajstić information content (AvgIpc) is 2.71. The molecule has 0 radical (unpaired) electrons. The third kappa shape index (κ3) is 4.81. The van der Waals surface area contributed by atoms with Gasteiger partial charge >= 0.3 is 0 Å². The summed E-state index contributed by atoms with van der Waals surface area (Å²) >= 11 is 0. The largest absolute Gasteiger partial charge is 0.326 e. The molecule has 7 nitrogen and oxygen atoms in total. The number of carbonyl (C=O) groups excluding carboxylic acids is 2. The highest BCUT2D eigenvalue weighted by Gasteiger charge is 2.18. The van der Waals surface area contributed by atoms with E-state index < -0.39 is 6.04 Å². The second kappa shape index (κ2) is 8.73. The predicted molar refractivity (Wildman–Crippen MR) is 117 cm³/mol. The highest BCUT2D eigenvalue weighted by molar-refractivity contribution is 5.93. The van der Waals surface area contributed by atoms with Crippen molar-refractivity contribution in [1.82, 2.24) is 9.78 Å². The van der Waals surface area contributed by atoms with Gasteiger partial charge in [-0.3, -0.25) is 14.4 Å². The summed E-state index contributed by atoms with van der Waals surface area (Å²) < 4.78 is 1.16. The molecule has 0 saturated carbocycles. The number of aryl methyl sites for hydroxylation is 2. The molecule has 1 aromatic heterocycles. The number of carbonyl (C=O) groups is 2. The second-order valence-corrected chi connectivity index (χ2v) is 7.24. The van der Waals surface area contributed by atoms with Gasteiger partial charge in [0, 0.05) is 29.9 Å². The van der Waals surface area contributed by atoms with Crippen molar-refractivity contribution in [2.24, 2.45) is 0 Å². The molecule has 0 spiro atoms. The zero-order valence-corrected chi connectivity index (χ0v) is 17.4. The van der Waals surface area contributed by atoms with Gasteiger partial charge in [0.2, 0.25) is 11.8 Å². The summed E-state index contributed by atoms with van der Waals surface area (Å²) in [4.78, 5) is 36.5. The van der Waals surface area contributed by atoms with Crippen molar-refractivity contribution in [3.63, 3.8) is 0 Å². The van der Waals surface area contributed by atoms with Gasteiger partial charge in [-0.15, -0.1) is 0 Å². The predicted octanol–water partition coefficient (Wildman–Crippen LogP) is 3.69. The number of hydrogen-bond acceptors (Lipinski definition) is 4. The van der Waals surface area contributed by atoms with Crippen LogP contribution >= 0.6 is 0 Å². The van der Waals surface area contributed by atoms with E-state index in [-0.39, 0.29) is 17.4 Å². The first-order valence-corrected chi connectivity index (χ1v) is 9.60. The monoisotopic (exact) mass is 404 g/mol. The number of benzene rings is 2. The van der Waals surface area contributed by atoms with E-state index in [9.17, 15) is 14.4 Å². The van der Waals surface area contributed by atoms with Crippen molar-refractivity contribution < 1.29 is 9.59 Å². The number of rotatable bonds is 5. The fraction of sp³-hybridized carbons (Fsp3) is 0.217. The van der Waals surface area contributed by atoms with Gasteiger partial charge in [-0.2, -0.15) is 5.10 Å². The number of hydrogen-bond donors (Lipinski definition) is 2. The van der Waals surface area contributed by atoms with Crippen LogP contribution in [0.2, 0.25) is 0 Å². The molecule has 0 aliphatic rings. The molecule has 2 N–H and O–H groups in total. The maximum absolute atomic E-state index is 12.7. The fourth-order valence-corrected chi connectivity index (χ4v) is 2.96. The smallest absolute Gasteiger partial charge is 0.267 e. The van der Waals surface area contributed by atoms with Crippen LogP contribution in [-0.2, 0) is 9.59 Å². The first-order chi connectivity index (χ1) is 14.2. The minimum Gasteiger partial charge on any atom is -0.326 e. The van der Waals surface area contributed by atoms with Crippen LogP contribution in [0.25, 0.3) is 11.3 Å². The van der Waals surface area contributed by atoms with E-state index in [1.165, 1.54) is 13.0 Å². The van der Waals surface area contributed by atoms with Gasteiger partial charge in [-0.05, 0) is 50.6 Å². The van der Waals surface area contributed by atoms with Gasteiger partial charge in [-0.1, -0.05) is 29.8 Å². The molecule has 0 aliphatic carbocycles. The average molecular weight is 404 g/mol. The summed E-state index contributed by atoms with van der Waals surface area (Å²) in [6.07, 6.45) is 0. The Morgan fingerprint density at radius 1 is 0.967 bits per heavy atom. The minimum atomic E-state index is -0.806. The third-order valence-electron chi connectivity index (χ3n) is 4.73. The van der Waals surface area contributed by atoms with Crippen molar-refractivity contribution in [3.8, 4) is 11.3 Å². The Morgan fingerprint density at radius 3 is 2.33 bits per heavy atom. The molecule has 3 aromatic rings. The molecule has 1 heterocycles. The molecule has 154 valence electrons. The standard InChI is InChI=1S/C23H24N4O3/c1-14-5-9-19(10-6-14)25-23(30)16(3)27-22(29)12-11-20(26-27)18-8-7-15(2)21(13-18)24-17(4)28/h5-13,16H,1-4H3,(H,24,28)(H,25,30)/t16-/m1/s1. The van der Waals surface area contributed by atoms with Gasteiger partial charge in [0.05, 0.1) is 5.69 Å². The van der Waals surface area contributed by atoms with E-state index in [4.69, 9.17) is 0 Å². The summed E-state index contributed by atoms with van der Waals surface area (Å²) in [6.45, 7) is 6.92. The van der Waals surface area contributed by atoms with E-state index in [0.29, 0.717) is 17.1 Å². The van der Waals surface area contributed by atoms with Gasteiger partial charge in [0.25, 0.3) is 5.56 Å². The Morgan fingerprint density at radius 2 is 1.67 bits per heavy atom. The number of amides is 2. The zero-order chi connectivity index (χ0) is 21.8. The van der Waals surface area contributed by atoms with Gasteiger partial charge in [-0.25, -0.2) is 4.68 Å². The summed E-state index contributed by atoms with van der Waals surface area (Å²) in [7, 11) is 0. The van der Waals surface area contributed by atoms with Crippen molar-refractivity contribution in [1.29, 1.82) is 0 Å². The van der Waals surface area contributed by atoms with E-state index in [1.807, 2.05) is 50.2 Å². The van der Waals surface area contributed by atoms with Gasteiger partial charge in [0.1, 0.15) is 6.04 Å². The molecule has 2 amide bonds. The van der Waals surface area contributed by atoms with E-state index in [2.05, 4.69) is 15.7 Å². The van der Waals surface area contributed by atoms with E-state index >= 15 is 0 Å². The molecule has 0 saturated heterocycles. The van der Waals surface area contributed by atoms with Crippen LogP contribution < -0.4 is 16.2 Å². The third-order valence-corrected chi connectivity index (χ3v) is 4.73. The lowest BCUT2D eigenvalue weighted by Crippen LogP contribution is -2.33. The fourth-order valence-electron chi connectivity index (χ4n) is 2.96. The first-order valence-electron chi connectivity index (χ1n) is 9.60. The van der Waals surface area contributed by atoms with Crippen molar-refractivity contribution in [2.45, 2.75) is 33.7 Å². The van der Waals surface area contributed by atoms with Crippen LogP contribution in [0, 0.1) is 13.8 Å². The molecule has 0 unspecified atom stereocenters. The van der Waals surface area contributed by atoms with Crippen LogP contribution in [0.5, 0.6) is 0 Å². The number of anilines is 2. The zero-order valence-electron chi connectivity index (χ0n) is 17.4. The van der Waals surface area contributed by atoms with Crippen LogP contribution in [0.15, 0.2) is 59.4 Å². The molecule has 2 aromatic carbocycles. The molecule has 1 atom stereocenters. The Hall–Kier alpha value is -3.74. The molecule has 0 bridgehead atoms. The summed E-state index contributed by atoms with van der Waals surface area (Å²) in [5.41, 5.74) is 4.20. The van der Waals surface area contributed by atoms with Crippen LogP contribution in [0.4, 0.5) is 11.4 Å². The summed E-state index contributed by atoms with van der Waals surface area (Å²) in [6, 6.07) is 15.1.